The van der Waals surface area contributed by atoms with Crippen molar-refractivity contribution in [3.05, 3.63) is 40.5 Å². The average Bonchev–Trinajstić information content (AvgIpc) is 2.30. The molecule has 0 aliphatic heterocycles. The highest BCUT2D eigenvalue weighted by molar-refractivity contribution is 9.10. The third-order valence-electron chi connectivity index (χ3n) is 2.04. The average molecular weight is 299 g/mol. The highest BCUT2D eigenvalue weighted by atomic mass is 79.9. The fraction of sp³-hybridized carbons (Fsp3) is 0.250. The molecule has 0 fully saturated rings. The number of halogens is 1. The molecule has 0 radical (unpaired) electrons. The molecule has 0 bridgehead atoms. The van der Waals surface area contributed by atoms with Crippen molar-refractivity contribution < 1.29 is 9.53 Å². The van der Waals surface area contributed by atoms with Crippen LogP contribution in [0.3, 0.4) is 0 Å². The van der Waals surface area contributed by atoms with Gasteiger partial charge in [0.15, 0.2) is 0 Å². The molecule has 0 atom stereocenters. The number of ether oxygens (including phenoxy) is 1. The molecule has 1 rings (SSSR count). The lowest BCUT2D eigenvalue weighted by molar-refractivity contribution is -0.133. The van der Waals surface area contributed by atoms with Crippen LogP contribution in [-0.4, -0.2) is 32.2 Å². The van der Waals surface area contributed by atoms with Gasteiger partial charge in [-0.05, 0) is 6.07 Å². The van der Waals surface area contributed by atoms with Crippen LogP contribution in [0.15, 0.2) is 34.9 Å². The second-order valence-corrected chi connectivity index (χ2v) is 4.41. The minimum atomic E-state index is -0.383. The molecule has 0 aromatic heterocycles. The van der Waals surface area contributed by atoms with E-state index < -0.39 is 0 Å². The zero-order valence-electron chi connectivity index (χ0n) is 10.0. The van der Waals surface area contributed by atoms with Crippen molar-refractivity contribution in [1.29, 1.82) is 0 Å². The number of hydrazine groups is 1. The summed E-state index contributed by atoms with van der Waals surface area (Å²) in [6, 6.07) is 7.49. The van der Waals surface area contributed by atoms with E-state index in [1.165, 1.54) is 7.11 Å². The van der Waals surface area contributed by atoms with E-state index >= 15 is 0 Å². The van der Waals surface area contributed by atoms with Gasteiger partial charge >= 0.3 is 5.97 Å². The molecule has 0 saturated heterocycles. The molecule has 0 aliphatic carbocycles. The van der Waals surface area contributed by atoms with E-state index in [2.05, 4.69) is 21.4 Å². The van der Waals surface area contributed by atoms with Gasteiger partial charge in [0.2, 0.25) is 0 Å². The van der Waals surface area contributed by atoms with Crippen molar-refractivity contribution in [2.75, 3.05) is 21.2 Å². The SMILES string of the molecule is COC(=O)/C(=C/NN(C)C)c1ccccc1Br. The summed E-state index contributed by atoms with van der Waals surface area (Å²) in [6.07, 6.45) is 1.62. The van der Waals surface area contributed by atoms with Crippen LogP contribution in [0.4, 0.5) is 0 Å². The summed E-state index contributed by atoms with van der Waals surface area (Å²) < 4.78 is 5.61. The summed E-state index contributed by atoms with van der Waals surface area (Å²) in [5.41, 5.74) is 4.19. The third-order valence-corrected chi connectivity index (χ3v) is 2.73. The second-order valence-electron chi connectivity index (χ2n) is 3.55. The summed E-state index contributed by atoms with van der Waals surface area (Å²) >= 11 is 3.41. The first-order valence-electron chi connectivity index (χ1n) is 5.03. The Bertz CT molecular complexity index is 430. The van der Waals surface area contributed by atoms with Gasteiger partial charge in [0.05, 0.1) is 12.7 Å². The molecule has 0 spiro atoms. The molecule has 1 aromatic carbocycles. The van der Waals surface area contributed by atoms with Gasteiger partial charge in [0, 0.05) is 30.3 Å². The predicted octanol–water partition coefficient (Wildman–Crippen LogP) is 2.03. The maximum atomic E-state index is 11.7. The molecule has 0 heterocycles. The van der Waals surface area contributed by atoms with Crippen molar-refractivity contribution in [3.63, 3.8) is 0 Å². The zero-order chi connectivity index (χ0) is 12.8. The number of nitrogens with zero attached hydrogens (tertiary/aromatic N) is 1. The third kappa shape index (κ3) is 3.87. The number of carbonyl (C=O) groups excluding carboxylic acids is 1. The maximum absolute atomic E-state index is 11.7. The molecule has 1 aromatic rings. The highest BCUT2D eigenvalue weighted by Gasteiger charge is 2.14. The molecule has 0 aliphatic rings. The molecule has 4 nitrogen and oxygen atoms in total. The number of esters is 1. The first-order valence-corrected chi connectivity index (χ1v) is 5.82. The van der Waals surface area contributed by atoms with Crippen LogP contribution in [-0.2, 0) is 9.53 Å². The van der Waals surface area contributed by atoms with Crippen molar-refractivity contribution in [2.45, 2.75) is 0 Å². The number of benzene rings is 1. The smallest absolute Gasteiger partial charge is 0.340 e. The minimum Gasteiger partial charge on any atom is -0.465 e. The summed E-state index contributed by atoms with van der Waals surface area (Å²) in [5, 5.41) is 1.74. The molecule has 0 saturated carbocycles. The van der Waals surface area contributed by atoms with Gasteiger partial charge in [-0.2, -0.15) is 0 Å². The van der Waals surface area contributed by atoms with Gasteiger partial charge in [-0.15, -0.1) is 0 Å². The van der Waals surface area contributed by atoms with Crippen LogP contribution in [0.1, 0.15) is 5.56 Å². The Kier molecular flexibility index (Phi) is 5.18. The second kappa shape index (κ2) is 6.42. The number of hydrogen-bond acceptors (Lipinski definition) is 4. The first kappa shape index (κ1) is 13.7. The van der Waals surface area contributed by atoms with Crippen molar-refractivity contribution in [3.8, 4) is 0 Å². The molecule has 5 heteroatoms. The quantitative estimate of drug-likeness (QED) is 0.525. The molecule has 0 amide bonds. The molecular weight excluding hydrogens is 284 g/mol. The fourth-order valence-electron chi connectivity index (χ4n) is 1.23. The monoisotopic (exact) mass is 298 g/mol. The summed E-state index contributed by atoms with van der Waals surface area (Å²) in [4.78, 5) is 11.7. The number of carbonyl (C=O) groups is 1. The van der Waals surface area contributed by atoms with Crippen molar-refractivity contribution >= 4 is 27.5 Å². The van der Waals surface area contributed by atoms with E-state index in [9.17, 15) is 4.79 Å². The van der Waals surface area contributed by atoms with E-state index in [-0.39, 0.29) is 5.97 Å². The number of hydrogen-bond donors (Lipinski definition) is 1. The van der Waals surface area contributed by atoms with E-state index in [1.807, 2.05) is 38.4 Å². The van der Waals surface area contributed by atoms with Gasteiger partial charge in [0.25, 0.3) is 0 Å². The fourth-order valence-corrected chi connectivity index (χ4v) is 1.73. The van der Waals surface area contributed by atoms with E-state index in [0.717, 1.165) is 10.0 Å². The van der Waals surface area contributed by atoms with Crippen LogP contribution < -0.4 is 5.43 Å². The van der Waals surface area contributed by atoms with Crippen LogP contribution >= 0.6 is 15.9 Å². The molecular formula is C12H15BrN2O2. The minimum absolute atomic E-state index is 0.383. The Hall–Kier alpha value is -1.33. The van der Waals surface area contributed by atoms with Gasteiger partial charge in [-0.1, -0.05) is 34.1 Å². The van der Waals surface area contributed by atoms with E-state index in [1.54, 1.807) is 11.2 Å². The molecule has 0 unspecified atom stereocenters. The number of nitrogens with one attached hydrogen (secondary N) is 1. The Morgan fingerprint density at radius 2 is 2.06 bits per heavy atom. The Morgan fingerprint density at radius 3 is 2.59 bits per heavy atom. The summed E-state index contributed by atoms with van der Waals surface area (Å²) in [6.45, 7) is 0. The largest absolute Gasteiger partial charge is 0.465 e. The lowest BCUT2D eigenvalue weighted by atomic mass is 10.1. The van der Waals surface area contributed by atoms with Crippen LogP contribution in [0.25, 0.3) is 5.57 Å². The summed E-state index contributed by atoms with van der Waals surface area (Å²) in [5.74, 6) is -0.383. The zero-order valence-corrected chi connectivity index (χ0v) is 11.6. The van der Waals surface area contributed by atoms with E-state index in [4.69, 9.17) is 4.74 Å². The Morgan fingerprint density at radius 1 is 1.41 bits per heavy atom. The van der Waals surface area contributed by atoms with Crippen LogP contribution in [0, 0.1) is 0 Å². The van der Waals surface area contributed by atoms with Gasteiger partial charge < -0.3 is 10.2 Å². The predicted molar refractivity (Wildman–Crippen MR) is 71.0 cm³/mol. The molecule has 1 N–H and O–H groups in total. The molecule has 92 valence electrons. The Labute approximate surface area is 109 Å². The van der Waals surface area contributed by atoms with Crippen LogP contribution in [0.2, 0.25) is 0 Å². The number of rotatable bonds is 4. The standard InChI is InChI=1S/C12H15BrN2O2/c1-15(2)14-8-10(12(16)17-3)9-6-4-5-7-11(9)13/h4-8,14H,1-3H3/b10-8+. The first-order chi connectivity index (χ1) is 8.06. The molecule has 17 heavy (non-hydrogen) atoms. The lowest BCUT2D eigenvalue weighted by Gasteiger charge is -2.12. The lowest BCUT2D eigenvalue weighted by Crippen LogP contribution is -2.26. The topological polar surface area (TPSA) is 41.6 Å². The van der Waals surface area contributed by atoms with Crippen molar-refractivity contribution in [1.82, 2.24) is 10.4 Å². The highest BCUT2D eigenvalue weighted by Crippen LogP contribution is 2.24. The Balaban J connectivity index is 3.11. The number of methoxy groups -OCH3 is 1. The van der Waals surface area contributed by atoms with Gasteiger partial charge in [-0.3, -0.25) is 0 Å². The van der Waals surface area contributed by atoms with Gasteiger partial charge in [-0.25, -0.2) is 9.80 Å². The van der Waals surface area contributed by atoms with E-state index in [0.29, 0.717) is 5.57 Å². The van der Waals surface area contributed by atoms with Crippen LogP contribution in [0.5, 0.6) is 0 Å². The van der Waals surface area contributed by atoms with Gasteiger partial charge in [0.1, 0.15) is 0 Å². The maximum Gasteiger partial charge on any atom is 0.340 e. The van der Waals surface area contributed by atoms with Crippen molar-refractivity contribution in [2.24, 2.45) is 0 Å². The summed E-state index contributed by atoms with van der Waals surface area (Å²) in [7, 11) is 5.04. The normalized spacial score (nSPS) is 11.5.